The summed E-state index contributed by atoms with van der Waals surface area (Å²) in [5.41, 5.74) is 0.793. The summed E-state index contributed by atoms with van der Waals surface area (Å²) in [6, 6.07) is 3.20. The average Bonchev–Trinajstić information content (AvgIpc) is 3.10. The van der Waals surface area contributed by atoms with Crippen LogP contribution in [-0.4, -0.2) is 83.9 Å². The van der Waals surface area contributed by atoms with E-state index in [1.807, 2.05) is 26.0 Å². The Morgan fingerprint density at radius 1 is 0.960 bits per heavy atom. The number of ether oxygens (including phenoxy) is 5. The van der Waals surface area contributed by atoms with Crippen molar-refractivity contribution in [2.75, 3.05) is 40.6 Å². The quantitative estimate of drug-likeness (QED) is 0.0850. The predicted molar refractivity (Wildman–Crippen MR) is 202 cm³/mol. The van der Waals surface area contributed by atoms with Gasteiger partial charge in [-0.15, -0.1) is 13.2 Å². The van der Waals surface area contributed by atoms with Crippen molar-refractivity contribution in [3.63, 3.8) is 0 Å². The molecule has 1 aliphatic heterocycles. The number of likely N-dealkylation sites (tertiary alicyclic amines) is 1. The Bertz CT molecular complexity index is 1270. The zero-order valence-corrected chi connectivity index (χ0v) is 33.4. The van der Waals surface area contributed by atoms with E-state index in [0.29, 0.717) is 43.4 Å². The smallest absolute Gasteiger partial charge is 0.329 e. The van der Waals surface area contributed by atoms with Gasteiger partial charge in [-0.1, -0.05) is 59.1 Å². The maximum atomic E-state index is 14.8. The molecule has 1 amide bonds. The van der Waals surface area contributed by atoms with Crippen LogP contribution in [0.5, 0.6) is 17.2 Å². The minimum absolute atomic E-state index is 0.00671. The van der Waals surface area contributed by atoms with Crippen LogP contribution in [-0.2, 0) is 23.5 Å². The summed E-state index contributed by atoms with van der Waals surface area (Å²) < 4.78 is 36.6. The molecule has 0 radical (unpaired) electrons. The molecule has 1 aromatic carbocycles. The first-order valence-electron chi connectivity index (χ1n) is 18.6. The van der Waals surface area contributed by atoms with Crippen LogP contribution < -0.4 is 14.2 Å². The maximum absolute atomic E-state index is 14.8. The van der Waals surface area contributed by atoms with Crippen LogP contribution in [0.4, 0.5) is 0 Å². The molecular weight excluding hydrogens is 651 g/mol. The first kappa shape index (κ1) is 41.6. The molecular formula is C40H65NO8Si. The minimum atomic E-state index is -2.04. The van der Waals surface area contributed by atoms with Crippen LogP contribution >= 0.6 is 0 Å². The van der Waals surface area contributed by atoms with E-state index in [9.17, 15) is 9.59 Å². The zero-order valence-electron chi connectivity index (χ0n) is 32.4. The minimum Gasteiger partial charge on any atom is -0.493 e. The number of carbonyl (C=O) groups is 2. The highest BCUT2D eigenvalue weighted by Gasteiger charge is 2.42. The zero-order chi connectivity index (χ0) is 37.1. The second-order valence-corrected chi connectivity index (χ2v) is 20.3. The fourth-order valence-electron chi connectivity index (χ4n) is 6.55. The number of nitrogens with zero attached hydrogens (tertiary/aromatic N) is 1. The largest absolute Gasteiger partial charge is 0.493 e. The number of carbonyl (C=O) groups excluding carboxylic acids is 2. The van der Waals surface area contributed by atoms with Gasteiger partial charge in [0.05, 0.1) is 33.4 Å². The Labute approximate surface area is 303 Å². The van der Waals surface area contributed by atoms with Crippen molar-refractivity contribution in [3.05, 3.63) is 43.0 Å². The van der Waals surface area contributed by atoms with Crippen LogP contribution in [0.2, 0.25) is 18.1 Å². The standard InChI is InChI=1S/C40H65NO8Si/c1-12-23-46-32(27-48-50(10,11)40(5,6)7)26-47-35-25-31(24-34(44-8)37(35)45-9)36(30-19-15-14-16-20-30)38(42)41-22-18-17-21-33(41)39(43)49-29(4)28(3)13-2/h12-13,24-25,28-30,32-33,36H,1-2,14-23,26-27H2,3-11H3/t28-,29-,32+,33+,36+/m1/s1. The van der Waals surface area contributed by atoms with Crippen molar-refractivity contribution in [1.82, 2.24) is 4.90 Å². The fourth-order valence-corrected chi connectivity index (χ4v) is 7.58. The number of piperidine rings is 1. The van der Waals surface area contributed by atoms with Crippen molar-refractivity contribution < 1.29 is 37.7 Å². The number of hydrogen-bond donors (Lipinski definition) is 0. The fraction of sp³-hybridized carbons (Fsp3) is 0.700. The van der Waals surface area contributed by atoms with E-state index in [4.69, 9.17) is 28.1 Å². The predicted octanol–water partition coefficient (Wildman–Crippen LogP) is 8.47. The molecule has 0 bridgehead atoms. The molecule has 0 aromatic heterocycles. The molecule has 1 saturated carbocycles. The molecule has 3 rings (SSSR count). The lowest BCUT2D eigenvalue weighted by atomic mass is 9.75. The summed E-state index contributed by atoms with van der Waals surface area (Å²) >= 11 is 0. The van der Waals surface area contributed by atoms with Crippen molar-refractivity contribution in [3.8, 4) is 17.2 Å². The molecule has 0 unspecified atom stereocenters. The molecule has 1 aliphatic carbocycles. The molecule has 50 heavy (non-hydrogen) atoms. The summed E-state index contributed by atoms with van der Waals surface area (Å²) in [5.74, 6) is 0.649. The summed E-state index contributed by atoms with van der Waals surface area (Å²) in [6.45, 7) is 24.0. The van der Waals surface area contributed by atoms with E-state index in [1.165, 1.54) is 0 Å². The van der Waals surface area contributed by atoms with Gasteiger partial charge in [0.15, 0.2) is 19.8 Å². The lowest BCUT2D eigenvalue weighted by Crippen LogP contribution is -2.51. The lowest BCUT2D eigenvalue weighted by molar-refractivity contribution is -0.163. The molecule has 0 N–H and O–H groups in total. The first-order chi connectivity index (χ1) is 23.7. The Morgan fingerprint density at radius 3 is 2.22 bits per heavy atom. The first-order valence-corrected chi connectivity index (χ1v) is 21.5. The van der Waals surface area contributed by atoms with Gasteiger partial charge in [0.1, 0.15) is 24.9 Å². The number of methoxy groups -OCH3 is 2. The van der Waals surface area contributed by atoms with Gasteiger partial charge in [0.25, 0.3) is 0 Å². The van der Waals surface area contributed by atoms with Gasteiger partial charge >= 0.3 is 5.97 Å². The third kappa shape index (κ3) is 10.8. The van der Waals surface area contributed by atoms with Crippen LogP contribution in [0.25, 0.3) is 0 Å². The van der Waals surface area contributed by atoms with Crippen molar-refractivity contribution >= 4 is 20.2 Å². The maximum Gasteiger partial charge on any atom is 0.329 e. The second-order valence-electron chi connectivity index (χ2n) is 15.5. The van der Waals surface area contributed by atoms with E-state index in [1.54, 1.807) is 31.3 Å². The topological polar surface area (TPSA) is 92.8 Å². The highest BCUT2D eigenvalue weighted by molar-refractivity contribution is 6.74. The molecule has 1 aromatic rings. The second kappa shape index (κ2) is 19.1. The highest BCUT2D eigenvalue weighted by atomic mass is 28.4. The number of amides is 1. The van der Waals surface area contributed by atoms with Gasteiger partial charge in [-0.2, -0.15) is 0 Å². The monoisotopic (exact) mass is 715 g/mol. The molecule has 9 nitrogen and oxygen atoms in total. The van der Waals surface area contributed by atoms with E-state index in [2.05, 4.69) is 47.0 Å². The molecule has 5 atom stereocenters. The Kier molecular flexibility index (Phi) is 15.9. The van der Waals surface area contributed by atoms with Gasteiger partial charge < -0.3 is 33.0 Å². The van der Waals surface area contributed by atoms with Gasteiger partial charge in [0, 0.05) is 12.5 Å². The Morgan fingerprint density at radius 2 is 1.62 bits per heavy atom. The molecule has 1 heterocycles. The molecule has 2 aliphatic rings. The number of hydrogen-bond acceptors (Lipinski definition) is 8. The molecule has 0 spiro atoms. The molecule has 1 saturated heterocycles. The average molecular weight is 716 g/mol. The van der Waals surface area contributed by atoms with Crippen LogP contribution in [0, 0.1) is 11.8 Å². The van der Waals surface area contributed by atoms with Crippen LogP contribution in [0.3, 0.4) is 0 Å². The van der Waals surface area contributed by atoms with Crippen molar-refractivity contribution in [1.29, 1.82) is 0 Å². The third-order valence-corrected chi connectivity index (χ3v) is 15.5. The van der Waals surface area contributed by atoms with Crippen molar-refractivity contribution in [2.45, 2.75) is 128 Å². The summed E-state index contributed by atoms with van der Waals surface area (Å²) in [5, 5.41) is 0.0504. The summed E-state index contributed by atoms with van der Waals surface area (Å²) in [4.78, 5) is 30.2. The normalized spacial score (nSPS) is 19.9. The SMILES string of the molecule is C=CCO[C@@H](COc1cc([C@@H](C(=O)N2CCCC[C@H]2C(=O)O[C@H](C)[C@H](C)C=C)C2CCCCC2)cc(OC)c1OC)CO[Si](C)(C)C(C)(C)C. The van der Waals surface area contributed by atoms with Gasteiger partial charge in [0.2, 0.25) is 11.7 Å². The summed E-state index contributed by atoms with van der Waals surface area (Å²) in [7, 11) is 1.14. The van der Waals surface area contributed by atoms with Gasteiger partial charge in [-0.25, -0.2) is 4.79 Å². The lowest BCUT2D eigenvalue weighted by Gasteiger charge is -2.40. The van der Waals surface area contributed by atoms with Gasteiger partial charge in [-0.05, 0) is 80.8 Å². The summed E-state index contributed by atoms with van der Waals surface area (Å²) in [6.07, 6.45) is 10.2. The highest BCUT2D eigenvalue weighted by Crippen LogP contribution is 2.45. The number of esters is 1. The third-order valence-electron chi connectivity index (χ3n) is 11.0. The van der Waals surface area contributed by atoms with Crippen LogP contribution in [0.15, 0.2) is 37.4 Å². The van der Waals surface area contributed by atoms with E-state index < -0.39 is 20.3 Å². The van der Waals surface area contributed by atoms with Gasteiger partial charge in [-0.3, -0.25) is 4.79 Å². The van der Waals surface area contributed by atoms with E-state index in [0.717, 1.165) is 50.5 Å². The molecule has 10 heteroatoms. The van der Waals surface area contributed by atoms with Crippen molar-refractivity contribution in [2.24, 2.45) is 11.8 Å². The van der Waals surface area contributed by atoms with E-state index in [-0.39, 0.29) is 47.6 Å². The number of benzene rings is 1. The molecule has 2 fully saturated rings. The van der Waals surface area contributed by atoms with E-state index >= 15 is 0 Å². The molecule has 282 valence electrons. The Balaban J connectivity index is 1.98. The number of rotatable bonds is 18. The Hall–Kier alpha value is -2.82. The van der Waals surface area contributed by atoms with Crippen LogP contribution in [0.1, 0.15) is 97.5 Å².